The van der Waals surface area contributed by atoms with Crippen LogP contribution in [0.5, 0.6) is 0 Å². The molecule has 0 aliphatic rings. The molecule has 4 rings (SSSR count). The standard InChI is InChI=1S/C23H19N3O4S/c1-14-6-5-7-16(10-14)21(28)25-19-9-4-3-8-18(19)22(29)30-12-17-11-20(27)26-15(2)13-31-23(26)24-17/h3-11,13H,12H2,1-2H3,(H,25,28). The van der Waals surface area contributed by atoms with Gasteiger partial charge in [0, 0.05) is 22.7 Å². The zero-order chi connectivity index (χ0) is 22.0. The summed E-state index contributed by atoms with van der Waals surface area (Å²) in [6.45, 7) is 3.58. The van der Waals surface area contributed by atoms with E-state index in [9.17, 15) is 14.4 Å². The van der Waals surface area contributed by atoms with Crippen molar-refractivity contribution >= 4 is 33.9 Å². The zero-order valence-electron chi connectivity index (χ0n) is 16.9. The third-order valence-corrected chi connectivity index (χ3v) is 5.60. The molecule has 0 aliphatic carbocycles. The van der Waals surface area contributed by atoms with E-state index in [1.807, 2.05) is 25.3 Å². The number of esters is 1. The summed E-state index contributed by atoms with van der Waals surface area (Å²) in [4.78, 5) is 42.4. The largest absolute Gasteiger partial charge is 0.456 e. The highest BCUT2D eigenvalue weighted by Crippen LogP contribution is 2.19. The van der Waals surface area contributed by atoms with Crippen molar-refractivity contribution in [3.8, 4) is 0 Å². The van der Waals surface area contributed by atoms with Crippen LogP contribution in [0.1, 0.15) is 37.7 Å². The quantitative estimate of drug-likeness (QED) is 0.481. The first-order valence-corrected chi connectivity index (χ1v) is 10.4. The second kappa shape index (κ2) is 8.53. The van der Waals surface area contributed by atoms with E-state index in [-0.39, 0.29) is 23.6 Å². The fraction of sp³-hybridized carbons (Fsp3) is 0.130. The molecule has 0 bridgehead atoms. The number of ether oxygens (including phenoxy) is 1. The lowest BCUT2D eigenvalue weighted by Gasteiger charge is -2.11. The Morgan fingerprint density at radius 1 is 1.10 bits per heavy atom. The smallest absolute Gasteiger partial charge is 0.340 e. The molecule has 0 unspecified atom stereocenters. The molecule has 0 radical (unpaired) electrons. The monoisotopic (exact) mass is 433 g/mol. The van der Waals surface area contributed by atoms with E-state index in [0.29, 0.717) is 21.9 Å². The predicted molar refractivity (Wildman–Crippen MR) is 119 cm³/mol. The van der Waals surface area contributed by atoms with Crippen LogP contribution in [-0.2, 0) is 11.3 Å². The Bertz CT molecular complexity index is 1360. The van der Waals surface area contributed by atoms with E-state index in [1.54, 1.807) is 42.5 Å². The molecule has 0 spiro atoms. The Morgan fingerprint density at radius 2 is 1.90 bits per heavy atom. The molecule has 0 saturated carbocycles. The molecule has 7 nitrogen and oxygen atoms in total. The molecule has 31 heavy (non-hydrogen) atoms. The SMILES string of the molecule is Cc1cccc(C(=O)Nc2ccccc2C(=O)OCc2cc(=O)n3c(C)csc3n2)c1. The van der Waals surface area contributed by atoms with Crippen molar-refractivity contribution in [2.75, 3.05) is 5.32 Å². The van der Waals surface area contributed by atoms with Gasteiger partial charge >= 0.3 is 5.97 Å². The first kappa shape index (κ1) is 20.5. The molecule has 1 N–H and O–H groups in total. The lowest BCUT2D eigenvalue weighted by molar-refractivity contribution is 0.0469. The lowest BCUT2D eigenvalue weighted by atomic mass is 10.1. The fourth-order valence-corrected chi connectivity index (χ4v) is 4.03. The highest BCUT2D eigenvalue weighted by atomic mass is 32.1. The molecular formula is C23H19N3O4S. The number of fused-ring (bicyclic) bond motifs is 1. The van der Waals surface area contributed by atoms with Gasteiger partial charge in [-0.05, 0) is 38.1 Å². The Balaban J connectivity index is 1.50. The van der Waals surface area contributed by atoms with E-state index < -0.39 is 5.97 Å². The third-order valence-electron chi connectivity index (χ3n) is 4.66. The number of aryl methyl sites for hydroxylation is 2. The van der Waals surface area contributed by atoms with Crippen LogP contribution < -0.4 is 10.9 Å². The van der Waals surface area contributed by atoms with E-state index in [4.69, 9.17) is 4.74 Å². The summed E-state index contributed by atoms with van der Waals surface area (Å²) in [5.41, 5.74) is 2.96. The molecule has 0 atom stereocenters. The van der Waals surface area contributed by atoms with Gasteiger partial charge in [-0.1, -0.05) is 29.8 Å². The minimum atomic E-state index is -0.621. The zero-order valence-corrected chi connectivity index (χ0v) is 17.7. The molecule has 2 heterocycles. The van der Waals surface area contributed by atoms with Crippen molar-refractivity contribution in [1.82, 2.24) is 9.38 Å². The Morgan fingerprint density at radius 3 is 2.71 bits per heavy atom. The van der Waals surface area contributed by atoms with Crippen LogP contribution in [0.4, 0.5) is 5.69 Å². The number of carbonyl (C=O) groups excluding carboxylic acids is 2. The van der Waals surface area contributed by atoms with E-state index >= 15 is 0 Å². The van der Waals surface area contributed by atoms with Crippen LogP contribution in [0.3, 0.4) is 0 Å². The average Bonchev–Trinajstić information content (AvgIpc) is 3.13. The third kappa shape index (κ3) is 4.39. The maximum absolute atomic E-state index is 12.7. The summed E-state index contributed by atoms with van der Waals surface area (Å²) in [5.74, 6) is -0.943. The van der Waals surface area contributed by atoms with E-state index in [0.717, 1.165) is 11.3 Å². The maximum Gasteiger partial charge on any atom is 0.340 e. The molecule has 2 aromatic carbocycles. The Hall–Kier alpha value is -3.78. The summed E-state index contributed by atoms with van der Waals surface area (Å²) in [6, 6.07) is 15.1. The van der Waals surface area contributed by atoms with Crippen LogP contribution in [0, 0.1) is 13.8 Å². The predicted octanol–water partition coefficient (Wildman–Crippen LogP) is 3.98. The summed E-state index contributed by atoms with van der Waals surface area (Å²) in [7, 11) is 0. The average molecular weight is 433 g/mol. The number of aromatic nitrogens is 2. The summed E-state index contributed by atoms with van der Waals surface area (Å²) in [5, 5.41) is 4.60. The van der Waals surface area contributed by atoms with Gasteiger partial charge in [0.2, 0.25) is 0 Å². The first-order valence-electron chi connectivity index (χ1n) is 9.53. The maximum atomic E-state index is 12.7. The van der Waals surface area contributed by atoms with Crippen molar-refractivity contribution in [3.05, 3.63) is 98.4 Å². The molecule has 0 aliphatic heterocycles. The number of rotatable bonds is 5. The highest BCUT2D eigenvalue weighted by Gasteiger charge is 2.16. The second-order valence-electron chi connectivity index (χ2n) is 7.03. The van der Waals surface area contributed by atoms with E-state index in [1.165, 1.54) is 21.8 Å². The van der Waals surface area contributed by atoms with Gasteiger partial charge in [0.1, 0.15) is 6.61 Å². The fourth-order valence-electron chi connectivity index (χ4n) is 3.14. The van der Waals surface area contributed by atoms with Crippen molar-refractivity contribution in [1.29, 1.82) is 0 Å². The van der Waals surface area contributed by atoms with Gasteiger partial charge in [0.15, 0.2) is 4.96 Å². The van der Waals surface area contributed by atoms with Crippen LogP contribution in [0.25, 0.3) is 4.96 Å². The van der Waals surface area contributed by atoms with Crippen LogP contribution in [0.2, 0.25) is 0 Å². The molecule has 0 saturated heterocycles. The number of thiazole rings is 1. The molecule has 156 valence electrons. The summed E-state index contributed by atoms with van der Waals surface area (Å²) in [6.07, 6.45) is 0. The normalized spacial score (nSPS) is 10.8. The topological polar surface area (TPSA) is 89.8 Å². The van der Waals surface area contributed by atoms with Crippen molar-refractivity contribution in [2.45, 2.75) is 20.5 Å². The lowest BCUT2D eigenvalue weighted by Crippen LogP contribution is -2.17. The number of hydrogen-bond acceptors (Lipinski definition) is 6. The molecule has 8 heteroatoms. The van der Waals surface area contributed by atoms with Gasteiger partial charge in [-0.3, -0.25) is 14.0 Å². The molecular weight excluding hydrogens is 414 g/mol. The van der Waals surface area contributed by atoms with Gasteiger partial charge in [0.25, 0.3) is 11.5 Å². The first-order chi connectivity index (χ1) is 14.9. The van der Waals surface area contributed by atoms with Crippen LogP contribution in [-0.4, -0.2) is 21.3 Å². The van der Waals surface area contributed by atoms with Gasteiger partial charge in [0.05, 0.1) is 16.9 Å². The number of benzene rings is 2. The molecule has 1 amide bonds. The van der Waals surface area contributed by atoms with Crippen molar-refractivity contribution in [3.63, 3.8) is 0 Å². The number of nitrogens with zero attached hydrogens (tertiary/aromatic N) is 2. The van der Waals surface area contributed by atoms with Gasteiger partial charge in [-0.15, -0.1) is 11.3 Å². The Kier molecular flexibility index (Phi) is 5.64. The molecule has 2 aromatic heterocycles. The second-order valence-corrected chi connectivity index (χ2v) is 7.86. The molecule has 0 fully saturated rings. The number of amides is 1. The van der Waals surface area contributed by atoms with Gasteiger partial charge < -0.3 is 10.1 Å². The molecule has 4 aromatic rings. The highest BCUT2D eigenvalue weighted by molar-refractivity contribution is 7.15. The Labute approximate surface area is 182 Å². The minimum absolute atomic E-state index is 0.151. The summed E-state index contributed by atoms with van der Waals surface area (Å²) >= 11 is 1.34. The number of hydrogen-bond donors (Lipinski definition) is 1. The van der Waals surface area contributed by atoms with Crippen molar-refractivity contribution < 1.29 is 14.3 Å². The van der Waals surface area contributed by atoms with Gasteiger partial charge in [-0.25, -0.2) is 9.78 Å². The number of para-hydroxylation sites is 1. The number of anilines is 1. The number of nitrogens with one attached hydrogen (secondary N) is 1. The minimum Gasteiger partial charge on any atom is -0.456 e. The van der Waals surface area contributed by atoms with Crippen LogP contribution in [0.15, 0.2) is 64.8 Å². The summed E-state index contributed by atoms with van der Waals surface area (Å²) < 4.78 is 6.88. The van der Waals surface area contributed by atoms with Crippen molar-refractivity contribution in [2.24, 2.45) is 0 Å². The number of carbonyl (C=O) groups is 2. The van der Waals surface area contributed by atoms with E-state index in [2.05, 4.69) is 10.3 Å². The van der Waals surface area contributed by atoms with Gasteiger partial charge in [-0.2, -0.15) is 0 Å². The van der Waals surface area contributed by atoms with Crippen LogP contribution >= 0.6 is 11.3 Å².